The van der Waals surface area contributed by atoms with E-state index >= 15 is 0 Å². The average Bonchev–Trinajstić information content (AvgIpc) is 2.71. The standard InChI is InChI=1S/C21H22FNO5/c1-23(13-16-6-4-5-7-18(16)22)20(24)14-28-21(25)11-8-15-12-17(26-2)9-10-19(15)27-3/h4-12H,13-14H2,1-3H3/b11-8+. The zero-order valence-electron chi connectivity index (χ0n) is 16.0. The van der Waals surface area contributed by atoms with Crippen LogP contribution in [0, 0.1) is 5.82 Å². The van der Waals surface area contributed by atoms with Gasteiger partial charge in [-0.05, 0) is 30.3 Å². The van der Waals surface area contributed by atoms with E-state index < -0.39 is 24.3 Å². The molecular weight excluding hydrogens is 365 g/mol. The smallest absolute Gasteiger partial charge is 0.331 e. The van der Waals surface area contributed by atoms with Crippen molar-refractivity contribution in [3.05, 3.63) is 65.5 Å². The maximum absolute atomic E-state index is 13.7. The van der Waals surface area contributed by atoms with Crippen LogP contribution in [0.1, 0.15) is 11.1 Å². The zero-order valence-corrected chi connectivity index (χ0v) is 16.0. The molecule has 0 saturated carbocycles. The van der Waals surface area contributed by atoms with Crippen molar-refractivity contribution < 1.29 is 28.2 Å². The summed E-state index contributed by atoms with van der Waals surface area (Å²) in [4.78, 5) is 25.3. The van der Waals surface area contributed by atoms with E-state index in [9.17, 15) is 14.0 Å². The van der Waals surface area contributed by atoms with Gasteiger partial charge in [-0.3, -0.25) is 4.79 Å². The van der Waals surface area contributed by atoms with Gasteiger partial charge in [0.2, 0.25) is 0 Å². The Bertz CT molecular complexity index is 866. The molecule has 0 aliphatic carbocycles. The molecule has 2 rings (SSSR count). The molecule has 2 aromatic rings. The third-order valence-electron chi connectivity index (χ3n) is 3.96. The van der Waals surface area contributed by atoms with Crippen LogP contribution in [0.2, 0.25) is 0 Å². The van der Waals surface area contributed by atoms with Crippen LogP contribution in [0.4, 0.5) is 4.39 Å². The molecule has 6 nitrogen and oxygen atoms in total. The zero-order chi connectivity index (χ0) is 20.5. The summed E-state index contributed by atoms with van der Waals surface area (Å²) in [5, 5.41) is 0. The van der Waals surface area contributed by atoms with E-state index in [1.54, 1.807) is 36.4 Å². The van der Waals surface area contributed by atoms with Crippen LogP contribution in [0.3, 0.4) is 0 Å². The average molecular weight is 387 g/mol. The molecule has 0 aliphatic heterocycles. The van der Waals surface area contributed by atoms with Crippen LogP contribution in [-0.2, 0) is 20.9 Å². The quantitative estimate of drug-likeness (QED) is 0.515. The number of halogens is 1. The van der Waals surface area contributed by atoms with Gasteiger partial charge < -0.3 is 19.1 Å². The number of hydrogen-bond acceptors (Lipinski definition) is 5. The molecule has 0 N–H and O–H groups in total. The van der Waals surface area contributed by atoms with Gasteiger partial charge in [0.15, 0.2) is 6.61 Å². The summed E-state index contributed by atoms with van der Waals surface area (Å²) in [5.41, 5.74) is 1.01. The number of ether oxygens (including phenoxy) is 3. The van der Waals surface area contributed by atoms with Gasteiger partial charge in [-0.1, -0.05) is 18.2 Å². The highest BCUT2D eigenvalue weighted by atomic mass is 19.1. The number of rotatable bonds is 8. The molecule has 0 bridgehead atoms. The predicted molar refractivity (Wildman–Crippen MR) is 102 cm³/mol. The number of carbonyl (C=O) groups is 2. The fourth-order valence-corrected chi connectivity index (χ4v) is 2.39. The van der Waals surface area contributed by atoms with Crippen LogP contribution >= 0.6 is 0 Å². The fourth-order valence-electron chi connectivity index (χ4n) is 2.39. The molecule has 0 radical (unpaired) electrons. The molecular formula is C21H22FNO5. The molecule has 7 heteroatoms. The number of amides is 1. The van der Waals surface area contributed by atoms with Crippen LogP contribution < -0.4 is 9.47 Å². The lowest BCUT2D eigenvalue weighted by molar-refractivity contribution is -0.147. The number of methoxy groups -OCH3 is 2. The van der Waals surface area contributed by atoms with Crippen molar-refractivity contribution in [3.8, 4) is 11.5 Å². The molecule has 28 heavy (non-hydrogen) atoms. The number of nitrogens with zero attached hydrogens (tertiary/aromatic N) is 1. The fraction of sp³-hybridized carbons (Fsp3) is 0.238. The van der Waals surface area contributed by atoms with E-state index in [1.807, 2.05) is 0 Å². The number of likely N-dealkylation sites (N-methyl/N-ethyl adjacent to an activating group) is 1. The second kappa shape index (κ2) is 10.1. The Morgan fingerprint density at radius 3 is 2.54 bits per heavy atom. The lowest BCUT2D eigenvalue weighted by Gasteiger charge is -2.17. The van der Waals surface area contributed by atoms with Crippen molar-refractivity contribution in [2.45, 2.75) is 6.54 Å². The van der Waals surface area contributed by atoms with Gasteiger partial charge in [0.1, 0.15) is 17.3 Å². The molecule has 0 heterocycles. The van der Waals surface area contributed by atoms with Gasteiger partial charge >= 0.3 is 5.97 Å². The maximum atomic E-state index is 13.7. The molecule has 0 spiro atoms. The van der Waals surface area contributed by atoms with Gasteiger partial charge in [0.05, 0.1) is 14.2 Å². The van der Waals surface area contributed by atoms with Crippen molar-refractivity contribution in [3.63, 3.8) is 0 Å². The monoisotopic (exact) mass is 387 g/mol. The first-order chi connectivity index (χ1) is 13.4. The van der Waals surface area contributed by atoms with E-state index in [2.05, 4.69) is 0 Å². The molecule has 0 unspecified atom stereocenters. The van der Waals surface area contributed by atoms with Crippen LogP contribution in [0.5, 0.6) is 11.5 Å². The molecule has 0 saturated heterocycles. The Balaban J connectivity index is 1.90. The molecule has 0 aromatic heterocycles. The minimum Gasteiger partial charge on any atom is -0.497 e. The minimum atomic E-state index is -0.683. The summed E-state index contributed by atoms with van der Waals surface area (Å²) in [7, 11) is 4.56. The van der Waals surface area contributed by atoms with E-state index in [1.165, 1.54) is 44.4 Å². The van der Waals surface area contributed by atoms with Crippen molar-refractivity contribution in [2.75, 3.05) is 27.9 Å². The Hall–Kier alpha value is -3.35. The summed E-state index contributed by atoms with van der Waals surface area (Å²) >= 11 is 0. The second-order valence-corrected chi connectivity index (χ2v) is 5.89. The molecule has 0 atom stereocenters. The maximum Gasteiger partial charge on any atom is 0.331 e. The van der Waals surface area contributed by atoms with E-state index in [-0.39, 0.29) is 6.54 Å². The number of benzene rings is 2. The van der Waals surface area contributed by atoms with E-state index in [4.69, 9.17) is 14.2 Å². The van der Waals surface area contributed by atoms with Crippen LogP contribution in [-0.4, -0.2) is 44.7 Å². The van der Waals surface area contributed by atoms with Crippen molar-refractivity contribution in [2.24, 2.45) is 0 Å². The second-order valence-electron chi connectivity index (χ2n) is 5.89. The van der Waals surface area contributed by atoms with Crippen molar-refractivity contribution >= 4 is 18.0 Å². The third-order valence-corrected chi connectivity index (χ3v) is 3.96. The number of esters is 1. The van der Waals surface area contributed by atoms with Crippen molar-refractivity contribution in [1.29, 1.82) is 0 Å². The summed E-state index contributed by atoms with van der Waals surface area (Å²) < 4.78 is 29.0. The lowest BCUT2D eigenvalue weighted by Crippen LogP contribution is -2.30. The summed E-state index contributed by atoms with van der Waals surface area (Å²) in [6.45, 7) is -0.358. The highest BCUT2D eigenvalue weighted by Gasteiger charge is 2.13. The van der Waals surface area contributed by atoms with Gasteiger partial charge in [0.25, 0.3) is 5.91 Å². The summed E-state index contributed by atoms with van der Waals surface area (Å²) in [6.07, 6.45) is 2.71. The predicted octanol–water partition coefficient (Wildman–Crippen LogP) is 3.06. The molecule has 1 amide bonds. The highest BCUT2D eigenvalue weighted by molar-refractivity contribution is 5.89. The Kier molecular flexibility index (Phi) is 7.56. The van der Waals surface area contributed by atoms with Gasteiger partial charge in [0, 0.05) is 30.8 Å². The molecule has 0 fully saturated rings. The number of hydrogen-bond donors (Lipinski definition) is 0. The normalized spacial score (nSPS) is 10.6. The lowest BCUT2D eigenvalue weighted by atomic mass is 10.1. The molecule has 2 aromatic carbocycles. The van der Waals surface area contributed by atoms with Crippen molar-refractivity contribution in [1.82, 2.24) is 4.90 Å². The Morgan fingerprint density at radius 2 is 1.86 bits per heavy atom. The van der Waals surface area contributed by atoms with E-state index in [0.29, 0.717) is 22.6 Å². The van der Waals surface area contributed by atoms with Crippen LogP contribution in [0.15, 0.2) is 48.5 Å². The van der Waals surface area contributed by atoms with Gasteiger partial charge in [-0.15, -0.1) is 0 Å². The van der Waals surface area contributed by atoms with E-state index in [0.717, 1.165) is 0 Å². The topological polar surface area (TPSA) is 65.1 Å². The SMILES string of the molecule is COc1ccc(OC)c(/C=C/C(=O)OCC(=O)N(C)Cc2ccccc2F)c1. The Morgan fingerprint density at radius 1 is 1.11 bits per heavy atom. The largest absolute Gasteiger partial charge is 0.497 e. The summed E-state index contributed by atoms with van der Waals surface area (Å²) in [6, 6.07) is 11.3. The highest BCUT2D eigenvalue weighted by Crippen LogP contribution is 2.25. The molecule has 0 aliphatic rings. The summed E-state index contributed by atoms with van der Waals surface area (Å²) in [5.74, 6) is -0.347. The first-order valence-electron chi connectivity index (χ1n) is 8.48. The first-order valence-corrected chi connectivity index (χ1v) is 8.48. The first kappa shape index (κ1) is 21.0. The number of carbonyl (C=O) groups excluding carboxylic acids is 2. The van der Waals surface area contributed by atoms with Gasteiger partial charge in [-0.2, -0.15) is 0 Å². The van der Waals surface area contributed by atoms with Gasteiger partial charge in [-0.25, -0.2) is 9.18 Å². The Labute approximate surface area is 163 Å². The minimum absolute atomic E-state index is 0.0832. The third kappa shape index (κ3) is 5.84. The van der Waals surface area contributed by atoms with Crippen LogP contribution in [0.25, 0.3) is 6.08 Å². The molecule has 148 valence electrons.